The van der Waals surface area contributed by atoms with Crippen molar-refractivity contribution in [1.29, 1.82) is 0 Å². The summed E-state index contributed by atoms with van der Waals surface area (Å²) in [4.78, 5) is 7.17. The maximum atomic E-state index is 4.63. The van der Waals surface area contributed by atoms with Gasteiger partial charge in [0.15, 0.2) is 5.96 Å². The molecule has 1 aromatic heterocycles. The number of likely N-dealkylation sites (tertiary alicyclic amines) is 1. The first-order valence-corrected chi connectivity index (χ1v) is 7.96. The lowest BCUT2D eigenvalue weighted by Gasteiger charge is -2.23. The van der Waals surface area contributed by atoms with Crippen molar-refractivity contribution in [2.45, 2.75) is 39.3 Å². The summed E-state index contributed by atoms with van der Waals surface area (Å²) in [6.45, 7) is 9.19. The van der Waals surface area contributed by atoms with Gasteiger partial charge < -0.3 is 10.6 Å². The minimum atomic E-state index is 0. The molecule has 1 fully saturated rings. The Morgan fingerprint density at radius 2 is 2.23 bits per heavy atom. The lowest BCUT2D eigenvalue weighted by Crippen LogP contribution is -2.44. The van der Waals surface area contributed by atoms with Crippen molar-refractivity contribution < 1.29 is 0 Å². The van der Waals surface area contributed by atoms with Crippen LogP contribution in [0.2, 0.25) is 0 Å². The molecule has 0 aromatic carbocycles. The molecule has 0 bridgehead atoms. The summed E-state index contributed by atoms with van der Waals surface area (Å²) in [5.41, 5.74) is 1.13. The second kappa shape index (κ2) is 10.0. The van der Waals surface area contributed by atoms with Gasteiger partial charge in [-0.1, -0.05) is 6.92 Å². The Hall–Kier alpha value is -0.830. The normalized spacial score (nSPS) is 19.0. The molecule has 7 heteroatoms. The zero-order valence-electron chi connectivity index (χ0n) is 13.9. The molecule has 1 unspecified atom stereocenters. The van der Waals surface area contributed by atoms with Gasteiger partial charge in [-0.2, -0.15) is 5.10 Å². The number of likely N-dealkylation sites (N-methyl/N-ethyl adjacent to an activating group) is 1. The third-order valence-corrected chi connectivity index (χ3v) is 3.93. The first kappa shape index (κ1) is 19.2. The summed E-state index contributed by atoms with van der Waals surface area (Å²) in [5, 5.41) is 11.0. The van der Waals surface area contributed by atoms with Gasteiger partial charge in [-0.15, -0.1) is 24.0 Å². The number of rotatable bonds is 6. The number of halogens is 1. The minimum absolute atomic E-state index is 0. The van der Waals surface area contributed by atoms with Gasteiger partial charge in [-0.25, -0.2) is 4.99 Å². The lowest BCUT2D eigenvalue weighted by molar-refractivity contribution is 0.267. The number of nitrogens with zero attached hydrogens (tertiary/aromatic N) is 4. The van der Waals surface area contributed by atoms with E-state index in [2.05, 4.69) is 39.5 Å². The third kappa shape index (κ3) is 5.75. The van der Waals surface area contributed by atoms with Crippen LogP contribution in [0.4, 0.5) is 0 Å². The third-order valence-electron chi connectivity index (χ3n) is 3.93. The fourth-order valence-corrected chi connectivity index (χ4v) is 2.82. The van der Waals surface area contributed by atoms with E-state index in [9.17, 15) is 0 Å². The number of hydrogen-bond acceptors (Lipinski definition) is 3. The molecule has 0 amide bonds. The maximum Gasteiger partial charge on any atom is 0.191 e. The fourth-order valence-electron chi connectivity index (χ4n) is 2.82. The standard InChI is InChI=1S/C15H28N6.HI/c1-4-16-15(17-9-13-10-19-20(3)12-13)18-11-14-7-6-8-21(14)5-2;/h10,12,14H,4-9,11H2,1-3H3,(H2,16,17,18);1H. The van der Waals surface area contributed by atoms with Crippen LogP contribution in [-0.4, -0.2) is 52.9 Å². The Kier molecular flexibility index (Phi) is 8.77. The van der Waals surface area contributed by atoms with Crippen molar-refractivity contribution in [2.24, 2.45) is 12.0 Å². The zero-order chi connectivity index (χ0) is 15.1. The molecular weight excluding hydrogens is 391 g/mol. The van der Waals surface area contributed by atoms with Gasteiger partial charge in [-0.3, -0.25) is 9.58 Å². The lowest BCUT2D eigenvalue weighted by atomic mass is 10.2. The number of aliphatic imine (C=N–C) groups is 1. The molecule has 0 aliphatic carbocycles. The molecule has 2 N–H and O–H groups in total. The molecule has 0 radical (unpaired) electrons. The average molecular weight is 420 g/mol. The highest BCUT2D eigenvalue weighted by Crippen LogP contribution is 2.15. The molecule has 0 spiro atoms. The maximum absolute atomic E-state index is 4.63. The van der Waals surface area contributed by atoms with E-state index >= 15 is 0 Å². The van der Waals surface area contributed by atoms with Crippen LogP contribution in [-0.2, 0) is 13.6 Å². The highest BCUT2D eigenvalue weighted by Gasteiger charge is 2.22. The monoisotopic (exact) mass is 420 g/mol. The number of hydrogen-bond donors (Lipinski definition) is 2. The van der Waals surface area contributed by atoms with Crippen LogP contribution < -0.4 is 10.6 Å². The highest BCUT2D eigenvalue weighted by atomic mass is 127. The van der Waals surface area contributed by atoms with E-state index in [1.165, 1.54) is 19.4 Å². The van der Waals surface area contributed by atoms with Gasteiger partial charge in [0.1, 0.15) is 0 Å². The largest absolute Gasteiger partial charge is 0.357 e. The van der Waals surface area contributed by atoms with E-state index in [1.54, 1.807) is 0 Å². The summed E-state index contributed by atoms with van der Waals surface area (Å²) < 4.78 is 1.81. The number of guanidine groups is 1. The second-order valence-corrected chi connectivity index (χ2v) is 5.52. The van der Waals surface area contributed by atoms with Gasteiger partial charge in [-0.05, 0) is 32.9 Å². The molecule has 1 aliphatic rings. The van der Waals surface area contributed by atoms with Gasteiger partial charge >= 0.3 is 0 Å². The van der Waals surface area contributed by atoms with Gasteiger partial charge in [0.2, 0.25) is 0 Å². The first-order valence-electron chi connectivity index (χ1n) is 7.96. The smallest absolute Gasteiger partial charge is 0.191 e. The number of nitrogens with one attached hydrogen (secondary N) is 2. The predicted molar refractivity (Wildman–Crippen MR) is 102 cm³/mol. The molecule has 6 nitrogen and oxygen atoms in total. The van der Waals surface area contributed by atoms with Crippen molar-refractivity contribution in [3.8, 4) is 0 Å². The van der Waals surface area contributed by atoms with E-state index in [0.29, 0.717) is 12.6 Å². The average Bonchev–Trinajstić information content (AvgIpc) is 3.10. The Morgan fingerprint density at radius 3 is 2.86 bits per heavy atom. The second-order valence-electron chi connectivity index (χ2n) is 5.52. The van der Waals surface area contributed by atoms with E-state index in [0.717, 1.165) is 31.2 Å². The Balaban J connectivity index is 0.00000242. The van der Waals surface area contributed by atoms with Crippen LogP contribution in [0.25, 0.3) is 0 Å². The predicted octanol–water partition coefficient (Wildman–Crippen LogP) is 1.58. The van der Waals surface area contributed by atoms with Crippen molar-refractivity contribution in [3.63, 3.8) is 0 Å². The first-order chi connectivity index (χ1) is 10.2. The van der Waals surface area contributed by atoms with Crippen LogP contribution in [0.5, 0.6) is 0 Å². The number of aryl methyl sites for hydroxylation is 1. The molecule has 1 aromatic rings. The molecule has 1 saturated heterocycles. The van der Waals surface area contributed by atoms with Crippen molar-refractivity contribution >= 4 is 29.9 Å². The van der Waals surface area contributed by atoms with Crippen LogP contribution in [0, 0.1) is 0 Å². The summed E-state index contributed by atoms with van der Waals surface area (Å²) in [6.07, 6.45) is 6.46. The van der Waals surface area contributed by atoms with Crippen LogP contribution >= 0.6 is 24.0 Å². The molecule has 1 atom stereocenters. The molecule has 2 heterocycles. The number of aromatic nitrogens is 2. The SMILES string of the molecule is CCNC(=NCc1cnn(C)c1)NCC1CCCN1CC.I. The van der Waals surface area contributed by atoms with Crippen LogP contribution in [0.1, 0.15) is 32.3 Å². The zero-order valence-corrected chi connectivity index (χ0v) is 16.2. The Bertz CT molecular complexity index is 459. The summed E-state index contributed by atoms with van der Waals surface area (Å²) >= 11 is 0. The van der Waals surface area contributed by atoms with Crippen LogP contribution in [0.3, 0.4) is 0 Å². The van der Waals surface area contributed by atoms with Gasteiger partial charge in [0, 0.05) is 37.9 Å². The van der Waals surface area contributed by atoms with E-state index in [1.807, 2.05) is 24.1 Å². The van der Waals surface area contributed by atoms with Crippen molar-refractivity contribution in [1.82, 2.24) is 25.3 Å². The van der Waals surface area contributed by atoms with Crippen molar-refractivity contribution in [3.05, 3.63) is 18.0 Å². The molecular formula is C15H29IN6. The topological polar surface area (TPSA) is 57.5 Å². The Labute approximate surface area is 150 Å². The van der Waals surface area contributed by atoms with Gasteiger partial charge in [0.05, 0.1) is 12.7 Å². The fraction of sp³-hybridized carbons (Fsp3) is 0.733. The summed E-state index contributed by atoms with van der Waals surface area (Å²) in [6, 6.07) is 0.636. The quantitative estimate of drug-likeness (QED) is 0.417. The molecule has 126 valence electrons. The van der Waals surface area contributed by atoms with E-state index < -0.39 is 0 Å². The Morgan fingerprint density at radius 1 is 1.41 bits per heavy atom. The van der Waals surface area contributed by atoms with Crippen LogP contribution in [0.15, 0.2) is 17.4 Å². The van der Waals surface area contributed by atoms with Crippen molar-refractivity contribution in [2.75, 3.05) is 26.2 Å². The minimum Gasteiger partial charge on any atom is -0.357 e. The van der Waals surface area contributed by atoms with E-state index in [-0.39, 0.29) is 24.0 Å². The molecule has 2 rings (SSSR count). The summed E-state index contributed by atoms with van der Waals surface area (Å²) in [5.74, 6) is 0.893. The molecule has 22 heavy (non-hydrogen) atoms. The summed E-state index contributed by atoms with van der Waals surface area (Å²) in [7, 11) is 1.93. The van der Waals surface area contributed by atoms with Gasteiger partial charge in [0.25, 0.3) is 0 Å². The molecule has 0 saturated carbocycles. The molecule has 1 aliphatic heterocycles. The van der Waals surface area contributed by atoms with E-state index in [4.69, 9.17) is 0 Å². The highest BCUT2D eigenvalue weighted by molar-refractivity contribution is 14.0.